The third-order valence-corrected chi connectivity index (χ3v) is 2.87. The minimum Gasteiger partial charge on any atom is -0.351 e. The van der Waals surface area contributed by atoms with Gasteiger partial charge in [-0.15, -0.1) is 0 Å². The average Bonchev–Trinajstić information content (AvgIpc) is 3.14. The topological polar surface area (TPSA) is 108 Å². The fourth-order valence-corrected chi connectivity index (χ4v) is 1.73. The summed E-state index contributed by atoms with van der Waals surface area (Å²) in [6, 6.07) is 0. The number of carbonyl (C=O) groups is 1. The largest absolute Gasteiger partial charge is 0.351 e. The van der Waals surface area contributed by atoms with Gasteiger partial charge in [0.15, 0.2) is 0 Å². The molecule has 0 fully saturated rings. The number of hydrogen-bond donors (Lipinski definition) is 1. The van der Waals surface area contributed by atoms with Gasteiger partial charge in [-0.3, -0.25) is 24.3 Å². The Morgan fingerprint density at radius 2 is 2.14 bits per heavy atom. The molecule has 2 aromatic rings. The van der Waals surface area contributed by atoms with Gasteiger partial charge in [0.1, 0.15) is 12.4 Å². The van der Waals surface area contributed by atoms with Crippen molar-refractivity contribution in [2.24, 2.45) is 0 Å². The molecule has 0 saturated heterocycles. The third kappa shape index (κ3) is 4.27. The second-order valence-corrected chi connectivity index (χ2v) is 4.47. The minimum atomic E-state index is -0.513. The Balaban J connectivity index is 1.76. The molecule has 0 aromatic carbocycles. The molecule has 22 heavy (non-hydrogen) atoms. The van der Waals surface area contributed by atoms with E-state index in [1.165, 1.54) is 23.2 Å². The summed E-state index contributed by atoms with van der Waals surface area (Å²) in [5.74, 6) is -0.245. The van der Waals surface area contributed by atoms with E-state index in [-0.39, 0.29) is 11.6 Å². The SMILES string of the molecule is CCn1cc(/C=C/C(=O)NCCn2cc([N+](=O)[O-])cn2)cn1. The van der Waals surface area contributed by atoms with E-state index in [1.54, 1.807) is 17.0 Å². The molecular formula is C13H16N6O3. The molecule has 2 heterocycles. The normalized spacial score (nSPS) is 11.0. The second-order valence-electron chi connectivity index (χ2n) is 4.47. The van der Waals surface area contributed by atoms with Gasteiger partial charge in [0.2, 0.25) is 5.91 Å². The van der Waals surface area contributed by atoms with E-state index in [1.807, 2.05) is 13.1 Å². The van der Waals surface area contributed by atoms with Crippen LogP contribution in [0, 0.1) is 10.1 Å². The van der Waals surface area contributed by atoms with Gasteiger partial charge in [-0.05, 0) is 13.0 Å². The summed E-state index contributed by atoms with van der Waals surface area (Å²) in [6.45, 7) is 3.44. The highest BCUT2D eigenvalue weighted by molar-refractivity contribution is 5.91. The molecule has 0 saturated carbocycles. The molecule has 2 rings (SSSR count). The van der Waals surface area contributed by atoms with E-state index in [0.717, 1.165) is 12.1 Å². The van der Waals surface area contributed by atoms with Gasteiger partial charge in [-0.2, -0.15) is 10.2 Å². The lowest BCUT2D eigenvalue weighted by Gasteiger charge is -2.01. The molecule has 116 valence electrons. The van der Waals surface area contributed by atoms with Gasteiger partial charge in [0, 0.05) is 30.9 Å². The average molecular weight is 304 g/mol. The van der Waals surface area contributed by atoms with E-state index in [9.17, 15) is 14.9 Å². The molecule has 9 heteroatoms. The second kappa shape index (κ2) is 7.16. The van der Waals surface area contributed by atoms with Crippen molar-refractivity contribution < 1.29 is 9.72 Å². The van der Waals surface area contributed by atoms with Crippen molar-refractivity contribution in [3.63, 3.8) is 0 Å². The zero-order chi connectivity index (χ0) is 15.9. The minimum absolute atomic E-state index is 0.0702. The quantitative estimate of drug-likeness (QED) is 0.463. The van der Waals surface area contributed by atoms with E-state index in [2.05, 4.69) is 15.5 Å². The molecule has 9 nitrogen and oxygen atoms in total. The van der Waals surface area contributed by atoms with Gasteiger partial charge in [0.25, 0.3) is 0 Å². The standard InChI is InChI=1S/C13H16N6O3/c1-2-17-9-11(7-15-17)3-4-13(20)14-5-6-18-10-12(8-16-18)19(21)22/h3-4,7-10H,2,5-6H2,1H3,(H,14,20)/b4-3+. The van der Waals surface area contributed by atoms with Crippen LogP contribution >= 0.6 is 0 Å². The van der Waals surface area contributed by atoms with E-state index in [4.69, 9.17) is 0 Å². The Morgan fingerprint density at radius 3 is 2.77 bits per heavy atom. The Kier molecular flexibility index (Phi) is 5.02. The van der Waals surface area contributed by atoms with Crippen LogP contribution in [0.25, 0.3) is 6.08 Å². The summed E-state index contributed by atoms with van der Waals surface area (Å²) >= 11 is 0. The maximum Gasteiger partial charge on any atom is 0.306 e. The highest BCUT2D eigenvalue weighted by Gasteiger charge is 2.08. The predicted octanol–water partition coefficient (Wildman–Crippen LogP) is 0.837. The van der Waals surface area contributed by atoms with Crippen LogP contribution in [0.2, 0.25) is 0 Å². The highest BCUT2D eigenvalue weighted by atomic mass is 16.6. The monoisotopic (exact) mass is 304 g/mol. The van der Waals surface area contributed by atoms with Crippen molar-refractivity contribution in [1.29, 1.82) is 0 Å². The van der Waals surface area contributed by atoms with Crippen LogP contribution in [-0.2, 0) is 17.9 Å². The first-order chi connectivity index (χ1) is 10.6. The van der Waals surface area contributed by atoms with E-state index >= 15 is 0 Å². The molecule has 0 spiro atoms. The van der Waals surface area contributed by atoms with E-state index in [0.29, 0.717) is 13.1 Å². The molecule has 0 atom stereocenters. The van der Waals surface area contributed by atoms with Crippen LogP contribution in [0.5, 0.6) is 0 Å². The van der Waals surface area contributed by atoms with Gasteiger partial charge < -0.3 is 5.32 Å². The van der Waals surface area contributed by atoms with Crippen molar-refractivity contribution in [3.8, 4) is 0 Å². The van der Waals surface area contributed by atoms with Crippen molar-refractivity contribution in [2.45, 2.75) is 20.0 Å². The van der Waals surface area contributed by atoms with Crippen molar-refractivity contribution >= 4 is 17.7 Å². The summed E-state index contributed by atoms with van der Waals surface area (Å²) in [5.41, 5.74) is 0.777. The smallest absolute Gasteiger partial charge is 0.306 e. The lowest BCUT2D eigenvalue weighted by molar-refractivity contribution is -0.385. The van der Waals surface area contributed by atoms with Crippen LogP contribution < -0.4 is 5.32 Å². The van der Waals surface area contributed by atoms with Crippen LogP contribution in [0.15, 0.2) is 30.9 Å². The number of aryl methyl sites for hydroxylation is 1. The molecule has 0 aliphatic carbocycles. The van der Waals surface area contributed by atoms with E-state index < -0.39 is 4.92 Å². The zero-order valence-corrected chi connectivity index (χ0v) is 12.0. The fraction of sp³-hybridized carbons (Fsp3) is 0.308. The Morgan fingerprint density at radius 1 is 1.36 bits per heavy atom. The van der Waals surface area contributed by atoms with Crippen LogP contribution in [0.1, 0.15) is 12.5 Å². The molecule has 0 aliphatic rings. The molecule has 0 unspecified atom stereocenters. The van der Waals surface area contributed by atoms with Crippen LogP contribution in [0.3, 0.4) is 0 Å². The Bertz CT molecular complexity index is 688. The van der Waals surface area contributed by atoms with Crippen molar-refractivity contribution in [2.75, 3.05) is 6.54 Å². The first kappa shape index (κ1) is 15.4. The van der Waals surface area contributed by atoms with Crippen molar-refractivity contribution in [3.05, 3.63) is 46.5 Å². The maximum atomic E-state index is 11.6. The van der Waals surface area contributed by atoms with Gasteiger partial charge in [-0.25, -0.2) is 0 Å². The van der Waals surface area contributed by atoms with Gasteiger partial charge in [-0.1, -0.05) is 0 Å². The molecular weight excluding hydrogens is 288 g/mol. The van der Waals surface area contributed by atoms with Crippen LogP contribution in [-0.4, -0.2) is 36.9 Å². The molecule has 0 radical (unpaired) electrons. The van der Waals surface area contributed by atoms with Crippen molar-refractivity contribution in [1.82, 2.24) is 24.9 Å². The number of nitrogens with one attached hydrogen (secondary N) is 1. The molecule has 0 bridgehead atoms. The van der Waals surface area contributed by atoms with Crippen LogP contribution in [0.4, 0.5) is 5.69 Å². The number of rotatable bonds is 7. The maximum absolute atomic E-state index is 11.6. The number of hydrogen-bond acceptors (Lipinski definition) is 5. The molecule has 1 N–H and O–H groups in total. The third-order valence-electron chi connectivity index (χ3n) is 2.87. The summed E-state index contributed by atoms with van der Waals surface area (Å²) in [4.78, 5) is 21.6. The number of nitro groups is 1. The molecule has 0 aliphatic heterocycles. The molecule has 1 amide bonds. The van der Waals surface area contributed by atoms with Gasteiger partial charge >= 0.3 is 5.69 Å². The molecule has 2 aromatic heterocycles. The predicted molar refractivity (Wildman–Crippen MR) is 78.8 cm³/mol. The van der Waals surface area contributed by atoms with Gasteiger partial charge in [0.05, 0.1) is 17.7 Å². The summed E-state index contributed by atoms with van der Waals surface area (Å²) in [7, 11) is 0. The number of aromatic nitrogens is 4. The first-order valence-electron chi connectivity index (χ1n) is 6.73. The number of amides is 1. The summed E-state index contributed by atoms with van der Waals surface area (Å²) < 4.78 is 3.18. The number of nitrogens with zero attached hydrogens (tertiary/aromatic N) is 5. The zero-order valence-electron chi connectivity index (χ0n) is 12.0. The summed E-state index contributed by atoms with van der Waals surface area (Å²) in [6.07, 6.45) is 9.10. The first-order valence-corrected chi connectivity index (χ1v) is 6.73. The Hall–Kier alpha value is -2.97. The Labute approximate surface area is 126 Å². The fourth-order valence-electron chi connectivity index (χ4n) is 1.73. The number of carbonyl (C=O) groups excluding carboxylic acids is 1. The lowest BCUT2D eigenvalue weighted by atomic mass is 10.3. The highest BCUT2D eigenvalue weighted by Crippen LogP contribution is 2.07. The summed E-state index contributed by atoms with van der Waals surface area (Å²) in [5, 5.41) is 21.1. The lowest BCUT2D eigenvalue weighted by Crippen LogP contribution is -2.25.